The van der Waals surface area contributed by atoms with Gasteiger partial charge in [0.1, 0.15) is 21.8 Å². The summed E-state index contributed by atoms with van der Waals surface area (Å²) in [5.41, 5.74) is 1.06. The van der Waals surface area contributed by atoms with Crippen LogP contribution in [0.25, 0.3) is 11.0 Å². The van der Waals surface area contributed by atoms with Crippen LogP contribution in [0.2, 0.25) is 0 Å². The SMILES string of the molecule is Cc1nc(N2CCOC3(CC3)C2)c2[nH]cc(S(=O)(=O)c3ccccc3)c2n1. The predicted molar refractivity (Wildman–Crippen MR) is 101 cm³/mol. The molecule has 1 N–H and O–H groups in total. The molecule has 0 unspecified atom stereocenters. The van der Waals surface area contributed by atoms with E-state index in [9.17, 15) is 8.42 Å². The first-order valence-corrected chi connectivity index (χ1v) is 10.5. The quantitative estimate of drug-likeness (QED) is 0.746. The van der Waals surface area contributed by atoms with Crippen LogP contribution >= 0.6 is 0 Å². The van der Waals surface area contributed by atoms with Crippen molar-refractivity contribution in [3.63, 3.8) is 0 Å². The summed E-state index contributed by atoms with van der Waals surface area (Å²) >= 11 is 0. The molecule has 1 aliphatic carbocycles. The van der Waals surface area contributed by atoms with Crippen LogP contribution in [0.1, 0.15) is 18.7 Å². The molecule has 0 bridgehead atoms. The molecule has 1 saturated heterocycles. The third-order valence-corrected chi connectivity index (χ3v) is 7.06. The summed E-state index contributed by atoms with van der Waals surface area (Å²) in [4.78, 5) is 14.8. The Balaban J connectivity index is 1.64. The van der Waals surface area contributed by atoms with E-state index in [1.807, 2.05) is 0 Å². The van der Waals surface area contributed by atoms with Gasteiger partial charge in [0.25, 0.3) is 0 Å². The maximum atomic E-state index is 13.1. The van der Waals surface area contributed by atoms with Crippen LogP contribution in [-0.2, 0) is 14.6 Å². The van der Waals surface area contributed by atoms with Gasteiger partial charge in [-0.1, -0.05) is 18.2 Å². The van der Waals surface area contributed by atoms with E-state index in [2.05, 4.69) is 19.9 Å². The van der Waals surface area contributed by atoms with Crippen LogP contribution in [0.4, 0.5) is 5.82 Å². The first-order chi connectivity index (χ1) is 13.0. The molecule has 1 aliphatic heterocycles. The monoisotopic (exact) mass is 384 g/mol. The molecule has 2 aliphatic rings. The molecule has 2 fully saturated rings. The summed E-state index contributed by atoms with van der Waals surface area (Å²) < 4.78 is 32.1. The van der Waals surface area contributed by atoms with Gasteiger partial charge in [0.2, 0.25) is 9.84 Å². The van der Waals surface area contributed by atoms with Gasteiger partial charge in [-0.05, 0) is 31.9 Å². The Kier molecular flexibility index (Phi) is 3.57. The molecule has 1 spiro atoms. The van der Waals surface area contributed by atoms with Crippen LogP contribution in [-0.4, -0.2) is 48.7 Å². The minimum Gasteiger partial charge on any atom is -0.371 e. The molecule has 0 amide bonds. The Morgan fingerprint density at radius 1 is 1.19 bits per heavy atom. The van der Waals surface area contributed by atoms with Crippen molar-refractivity contribution in [1.29, 1.82) is 0 Å². The van der Waals surface area contributed by atoms with E-state index < -0.39 is 9.84 Å². The third kappa shape index (κ3) is 2.71. The summed E-state index contributed by atoms with van der Waals surface area (Å²) in [6, 6.07) is 8.43. The summed E-state index contributed by atoms with van der Waals surface area (Å²) in [6.45, 7) is 3.95. The Labute approximate surface area is 157 Å². The minimum absolute atomic E-state index is 0.0467. The number of nitrogens with zero attached hydrogens (tertiary/aromatic N) is 3. The first-order valence-electron chi connectivity index (χ1n) is 9.03. The second kappa shape index (κ2) is 5.77. The number of aromatic amines is 1. The van der Waals surface area contributed by atoms with E-state index in [-0.39, 0.29) is 15.4 Å². The molecule has 0 atom stereocenters. The fourth-order valence-electron chi connectivity index (χ4n) is 3.70. The summed E-state index contributed by atoms with van der Waals surface area (Å²) in [6.07, 6.45) is 3.65. The molecule has 1 aromatic carbocycles. The van der Waals surface area contributed by atoms with Gasteiger partial charge in [-0.2, -0.15) is 0 Å². The lowest BCUT2D eigenvalue weighted by Gasteiger charge is -2.34. The Morgan fingerprint density at radius 3 is 2.70 bits per heavy atom. The average Bonchev–Trinajstić information content (AvgIpc) is 3.26. The highest BCUT2D eigenvalue weighted by Crippen LogP contribution is 2.43. The number of fused-ring (bicyclic) bond motifs is 1. The number of benzene rings is 1. The number of hydrogen-bond acceptors (Lipinski definition) is 6. The first kappa shape index (κ1) is 16.7. The number of anilines is 1. The van der Waals surface area contributed by atoms with Gasteiger partial charge < -0.3 is 14.6 Å². The van der Waals surface area contributed by atoms with Crippen molar-refractivity contribution in [1.82, 2.24) is 15.0 Å². The molecular formula is C19H20N4O3S. The molecule has 7 nitrogen and oxygen atoms in total. The smallest absolute Gasteiger partial charge is 0.210 e. The highest BCUT2D eigenvalue weighted by molar-refractivity contribution is 7.91. The number of morpholine rings is 1. The molecule has 5 rings (SSSR count). The van der Waals surface area contributed by atoms with Crippen LogP contribution in [0.15, 0.2) is 46.3 Å². The largest absolute Gasteiger partial charge is 0.371 e. The Morgan fingerprint density at radius 2 is 1.96 bits per heavy atom. The van der Waals surface area contributed by atoms with Crippen LogP contribution < -0.4 is 4.90 Å². The lowest BCUT2D eigenvalue weighted by molar-refractivity contribution is 0.0204. The number of nitrogens with one attached hydrogen (secondary N) is 1. The molecule has 27 heavy (non-hydrogen) atoms. The van der Waals surface area contributed by atoms with E-state index in [0.717, 1.165) is 31.7 Å². The zero-order chi connectivity index (χ0) is 18.6. The number of sulfone groups is 1. The molecule has 1 saturated carbocycles. The minimum atomic E-state index is -3.66. The second-order valence-electron chi connectivity index (χ2n) is 7.24. The maximum absolute atomic E-state index is 13.1. The second-order valence-corrected chi connectivity index (χ2v) is 9.16. The van der Waals surface area contributed by atoms with Crippen molar-refractivity contribution in [2.24, 2.45) is 0 Å². The van der Waals surface area contributed by atoms with Crippen molar-refractivity contribution < 1.29 is 13.2 Å². The van der Waals surface area contributed by atoms with Gasteiger partial charge >= 0.3 is 0 Å². The van der Waals surface area contributed by atoms with Gasteiger partial charge in [-0.15, -0.1) is 0 Å². The molecule has 3 heterocycles. The number of H-pyrrole nitrogens is 1. The predicted octanol–water partition coefficient (Wildman–Crippen LogP) is 2.47. The normalized spacial score (nSPS) is 18.9. The van der Waals surface area contributed by atoms with Crippen molar-refractivity contribution in [3.8, 4) is 0 Å². The van der Waals surface area contributed by atoms with Crippen LogP contribution in [0.5, 0.6) is 0 Å². The highest BCUT2D eigenvalue weighted by atomic mass is 32.2. The van der Waals surface area contributed by atoms with Gasteiger partial charge in [-0.25, -0.2) is 18.4 Å². The van der Waals surface area contributed by atoms with E-state index in [4.69, 9.17) is 4.74 Å². The van der Waals surface area contributed by atoms with Crippen molar-refractivity contribution in [2.75, 3.05) is 24.6 Å². The zero-order valence-electron chi connectivity index (χ0n) is 15.0. The van der Waals surface area contributed by atoms with Gasteiger partial charge in [0.05, 0.1) is 17.1 Å². The maximum Gasteiger partial charge on any atom is 0.210 e. The van der Waals surface area contributed by atoms with Gasteiger partial charge in [-0.3, -0.25) is 0 Å². The van der Waals surface area contributed by atoms with Gasteiger partial charge in [0, 0.05) is 19.3 Å². The fraction of sp³-hybridized carbons (Fsp3) is 0.368. The molecular weight excluding hydrogens is 364 g/mol. The fourth-order valence-corrected chi connectivity index (χ4v) is 5.09. The lowest BCUT2D eigenvalue weighted by atomic mass is 10.2. The molecule has 2 aromatic heterocycles. The Hall–Kier alpha value is -2.45. The average molecular weight is 384 g/mol. The van der Waals surface area contributed by atoms with Crippen molar-refractivity contribution in [2.45, 2.75) is 35.2 Å². The van der Waals surface area contributed by atoms with E-state index >= 15 is 0 Å². The summed E-state index contributed by atoms with van der Waals surface area (Å²) in [5, 5.41) is 0. The molecule has 3 aromatic rings. The van der Waals surface area contributed by atoms with E-state index in [1.54, 1.807) is 37.3 Å². The number of rotatable bonds is 3. The highest BCUT2D eigenvalue weighted by Gasteiger charge is 2.48. The van der Waals surface area contributed by atoms with E-state index in [0.29, 0.717) is 23.5 Å². The van der Waals surface area contributed by atoms with Crippen LogP contribution in [0, 0.1) is 6.92 Å². The number of aromatic nitrogens is 3. The molecule has 140 valence electrons. The third-order valence-electron chi connectivity index (χ3n) is 5.28. The number of ether oxygens (including phenoxy) is 1. The number of hydrogen-bond donors (Lipinski definition) is 1. The van der Waals surface area contributed by atoms with Crippen molar-refractivity contribution in [3.05, 3.63) is 42.4 Å². The lowest BCUT2D eigenvalue weighted by Crippen LogP contribution is -2.44. The van der Waals surface area contributed by atoms with Crippen molar-refractivity contribution >= 4 is 26.7 Å². The molecule has 8 heteroatoms. The zero-order valence-corrected chi connectivity index (χ0v) is 15.8. The standard InChI is InChI=1S/C19H20N4O3S/c1-13-21-16-15(27(24,25)14-5-3-2-4-6-14)11-20-17(16)18(22-13)23-9-10-26-19(12-23)7-8-19/h2-6,11,20H,7-10,12H2,1H3. The molecule has 0 radical (unpaired) electrons. The topological polar surface area (TPSA) is 88.2 Å². The summed E-state index contributed by atoms with van der Waals surface area (Å²) in [7, 11) is -3.66. The van der Waals surface area contributed by atoms with E-state index in [1.165, 1.54) is 6.20 Å². The number of aryl methyl sites for hydroxylation is 1. The van der Waals surface area contributed by atoms with Crippen LogP contribution in [0.3, 0.4) is 0 Å². The Bertz CT molecular complexity index is 1120. The summed E-state index contributed by atoms with van der Waals surface area (Å²) in [5.74, 6) is 1.31. The van der Waals surface area contributed by atoms with Gasteiger partial charge in [0.15, 0.2) is 5.82 Å².